The van der Waals surface area contributed by atoms with E-state index in [4.69, 9.17) is 0 Å². The summed E-state index contributed by atoms with van der Waals surface area (Å²) in [7, 11) is 0. The molecule has 22 heavy (non-hydrogen) atoms. The highest BCUT2D eigenvalue weighted by Gasteiger charge is 2.31. The quantitative estimate of drug-likeness (QED) is 0.879. The molecule has 5 nitrogen and oxygen atoms in total. The summed E-state index contributed by atoms with van der Waals surface area (Å²) in [4.78, 5) is 27.8. The van der Waals surface area contributed by atoms with Gasteiger partial charge in [-0.25, -0.2) is 0 Å². The Balaban J connectivity index is 1.72. The molecular weight excluding hydrogens is 280 g/mol. The highest BCUT2D eigenvalue weighted by atomic mass is 16.3. The predicted octanol–water partition coefficient (Wildman–Crippen LogP) is 1.37. The van der Waals surface area contributed by atoms with E-state index in [0.717, 1.165) is 5.56 Å². The molecule has 2 aromatic rings. The number of hydrogen-bond acceptors (Lipinski definition) is 3. The Hall–Kier alpha value is -2.40. The fourth-order valence-corrected chi connectivity index (χ4v) is 2.95. The summed E-state index contributed by atoms with van der Waals surface area (Å²) in [5, 5.41) is 10.4. The Morgan fingerprint density at radius 3 is 2.59 bits per heavy atom. The lowest BCUT2D eigenvalue weighted by Crippen LogP contribution is -2.46. The number of aromatic nitrogens is 1. The molecule has 1 aliphatic heterocycles. The smallest absolute Gasteiger partial charge is 0.270 e. The Kier molecular flexibility index (Phi) is 4.06. The monoisotopic (exact) mass is 298 g/mol. The zero-order valence-electron chi connectivity index (χ0n) is 12.1. The van der Waals surface area contributed by atoms with E-state index >= 15 is 0 Å². The average molecular weight is 298 g/mol. The molecule has 5 heteroatoms. The lowest BCUT2D eigenvalue weighted by molar-refractivity contribution is 0.0377. The molecule has 0 radical (unpaired) electrons. The number of likely N-dealkylation sites (tertiary alicyclic amines) is 1. The number of nitrogens with one attached hydrogen (secondary N) is 1. The third-order valence-corrected chi connectivity index (χ3v) is 4.10. The van der Waals surface area contributed by atoms with Gasteiger partial charge in [-0.3, -0.25) is 9.59 Å². The summed E-state index contributed by atoms with van der Waals surface area (Å²) < 4.78 is 0. The van der Waals surface area contributed by atoms with Crippen molar-refractivity contribution in [3.8, 4) is 0 Å². The number of nitrogens with zero attached hydrogens (tertiary/aromatic N) is 1. The average Bonchev–Trinajstić information content (AvgIpc) is 2.55. The molecule has 0 aliphatic carbocycles. The molecule has 0 spiro atoms. The minimum absolute atomic E-state index is 0.0417. The van der Waals surface area contributed by atoms with Crippen LogP contribution in [0.3, 0.4) is 0 Å². The van der Waals surface area contributed by atoms with Crippen LogP contribution < -0.4 is 5.56 Å². The number of benzene rings is 1. The van der Waals surface area contributed by atoms with Crippen LogP contribution in [0.1, 0.15) is 28.4 Å². The van der Waals surface area contributed by atoms with Crippen LogP contribution in [0.15, 0.2) is 53.3 Å². The van der Waals surface area contributed by atoms with Crippen LogP contribution >= 0.6 is 0 Å². The van der Waals surface area contributed by atoms with Crippen LogP contribution in [0.4, 0.5) is 0 Å². The number of carbonyl (C=O) groups is 1. The largest absolute Gasteiger partial charge is 0.391 e. The molecule has 2 heterocycles. The Bertz CT molecular complexity index is 711. The van der Waals surface area contributed by atoms with Crippen LogP contribution in [-0.4, -0.2) is 40.1 Å². The summed E-state index contributed by atoms with van der Waals surface area (Å²) in [5.74, 6) is -0.205. The van der Waals surface area contributed by atoms with E-state index < -0.39 is 6.10 Å². The number of pyridine rings is 1. The second kappa shape index (κ2) is 6.15. The van der Waals surface area contributed by atoms with Crippen molar-refractivity contribution in [1.82, 2.24) is 9.88 Å². The first-order chi connectivity index (χ1) is 10.6. The Morgan fingerprint density at radius 1 is 1.14 bits per heavy atom. The van der Waals surface area contributed by atoms with Crippen LogP contribution in [-0.2, 0) is 0 Å². The highest BCUT2D eigenvalue weighted by molar-refractivity contribution is 5.92. The van der Waals surface area contributed by atoms with Gasteiger partial charge in [0.2, 0.25) is 5.56 Å². The Labute approximate surface area is 128 Å². The number of aliphatic hydroxyl groups excluding tert-OH is 1. The fraction of sp³-hybridized carbons (Fsp3) is 0.294. The molecule has 1 fully saturated rings. The van der Waals surface area contributed by atoms with Crippen molar-refractivity contribution in [3.63, 3.8) is 0 Å². The first-order valence-electron chi connectivity index (χ1n) is 7.37. The van der Waals surface area contributed by atoms with Gasteiger partial charge in [0.25, 0.3) is 5.91 Å². The van der Waals surface area contributed by atoms with E-state index in [-0.39, 0.29) is 29.6 Å². The molecule has 2 N–H and O–H groups in total. The Morgan fingerprint density at radius 2 is 1.91 bits per heavy atom. The second-order valence-corrected chi connectivity index (χ2v) is 5.55. The van der Waals surface area contributed by atoms with Crippen molar-refractivity contribution in [2.75, 3.05) is 13.1 Å². The molecular formula is C17H18N2O3. The number of H-pyrrole nitrogens is 1. The van der Waals surface area contributed by atoms with Crippen LogP contribution in [0.5, 0.6) is 0 Å². The lowest BCUT2D eigenvalue weighted by atomic mass is 9.87. The molecule has 0 unspecified atom stereocenters. The van der Waals surface area contributed by atoms with E-state index in [9.17, 15) is 14.7 Å². The molecule has 3 rings (SSSR count). The van der Waals surface area contributed by atoms with Gasteiger partial charge >= 0.3 is 0 Å². The van der Waals surface area contributed by atoms with E-state index in [1.54, 1.807) is 17.0 Å². The molecule has 2 atom stereocenters. The van der Waals surface area contributed by atoms with Crippen molar-refractivity contribution in [1.29, 1.82) is 0 Å². The van der Waals surface area contributed by atoms with Gasteiger partial charge in [0, 0.05) is 25.1 Å². The first kappa shape index (κ1) is 14.5. The molecule has 1 saturated heterocycles. The summed E-state index contributed by atoms with van der Waals surface area (Å²) in [6.07, 6.45) is 0.101. The van der Waals surface area contributed by atoms with Crippen LogP contribution in [0, 0.1) is 0 Å². The maximum Gasteiger partial charge on any atom is 0.270 e. The fourth-order valence-electron chi connectivity index (χ4n) is 2.95. The molecule has 114 valence electrons. The molecule has 1 aliphatic rings. The van der Waals surface area contributed by atoms with Crippen molar-refractivity contribution >= 4 is 5.91 Å². The maximum atomic E-state index is 12.4. The molecule has 0 saturated carbocycles. The summed E-state index contributed by atoms with van der Waals surface area (Å²) in [6, 6.07) is 14.4. The molecule has 1 amide bonds. The van der Waals surface area contributed by atoms with Crippen molar-refractivity contribution in [3.05, 3.63) is 70.1 Å². The van der Waals surface area contributed by atoms with Gasteiger partial charge in [-0.05, 0) is 18.1 Å². The zero-order chi connectivity index (χ0) is 15.5. The number of aromatic amines is 1. The van der Waals surface area contributed by atoms with E-state index in [1.807, 2.05) is 30.3 Å². The number of rotatable bonds is 2. The summed E-state index contributed by atoms with van der Waals surface area (Å²) in [5.41, 5.74) is 1.05. The number of aliphatic hydroxyl groups is 1. The first-order valence-corrected chi connectivity index (χ1v) is 7.37. The number of piperidine rings is 1. The summed E-state index contributed by atoms with van der Waals surface area (Å²) in [6.45, 7) is 0.835. The van der Waals surface area contributed by atoms with Gasteiger partial charge in [-0.2, -0.15) is 0 Å². The zero-order valence-corrected chi connectivity index (χ0v) is 12.1. The van der Waals surface area contributed by atoms with Crippen LogP contribution in [0.25, 0.3) is 0 Å². The minimum atomic E-state index is -0.601. The third-order valence-electron chi connectivity index (χ3n) is 4.10. The molecule has 0 bridgehead atoms. The predicted molar refractivity (Wildman–Crippen MR) is 82.8 cm³/mol. The van der Waals surface area contributed by atoms with Gasteiger partial charge in [0.05, 0.1) is 6.10 Å². The third kappa shape index (κ3) is 2.94. The molecule has 1 aromatic heterocycles. The number of carbonyl (C=O) groups excluding carboxylic acids is 1. The van der Waals surface area contributed by atoms with Crippen molar-refractivity contribution < 1.29 is 9.90 Å². The van der Waals surface area contributed by atoms with Gasteiger partial charge in [-0.1, -0.05) is 36.4 Å². The van der Waals surface area contributed by atoms with Gasteiger partial charge in [-0.15, -0.1) is 0 Å². The topological polar surface area (TPSA) is 73.4 Å². The van der Waals surface area contributed by atoms with Crippen molar-refractivity contribution in [2.24, 2.45) is 0 Å². The standard InChI is InChI=1S/C17H18N2O3/c20-15-11-19(17(22)14-7-4-8-16(21)18-14)10-9-13(15)12-5-2-1-3-6-12/h1-8,13,15,20H,9-11H2,(H,18,21)/t13-,15+/m0/s1. The van der Waals surface area contributed by atoms with E-state index in [1.165, 1.54) is 6.07 Å². The highest BCUT2D eigenvalue weighted by Crippen LogP contribution is 2.28. The molecule has 1 aromatic carbocycles. The number of hydrogen-bond donors (Lipinski definition) is 2. The maximum absolute atomic E-state index is 12.4. The minimum Gasteiger partial charge on any atom is -0.391 e. The van der Waals surface area contributed by atoms with Crippen LogP contribution in [0.2, 0.25) is 0 Å². The van der Waals surface area contributed by atoms with Gasteiger partial charge in [0.1, 0.15) is 5.69 Å². The van der Waals surface area contributed by atoms with E-state index in [0.29, 0.717) is 13.0 Å². The second-order valence-electron chi connectivity index (χ2n) is 5.55. The number of amides is 1. The lowest BCUT2D eigenvalue weighted by Gasteiger charge is -2.36. The normalized spacial score (nSPS) is 21.6. The van der Waals surface area contributed by atoms with Gasteiger partial charge in [0.15, 0.2) is 0 Å². The van der Waals surface area contributed by atoms with Crippen molar-refractivity contribution in [2.45, 2.75) is 18.4 Å². The van der Waals surface area contributed by atoms with E-state index in [2.05, 4.69) is 4.98 Å². The van der Waals surface area contributed by atoms with Gasteiger partial charge < -0.3 is 15.0 Å². The SMILES string of the molecule is O=C(c1cccc(=O)[nH]1)N1CC[C@@H](c2ccccc2)[C@H](O)C1. The number of β-amino-alcohol motifs (C(OH)–C–C–N with tert-alkyl or cyclic N) is 1. The summed E-state index contributed by atoms with van der Waals surface area (Å²) >= 11 is 0.